The summed E-state index contributed by atoms with van der Waals surface area (Å²) in [5, 5.41) is 0. The predicted octanol–water partition coefficient (Wildman–Crippen LogP) is 3.82. The van der Waals surface area contributed by atoms with Crippen molar-refractivity contribution in [2.24, 2.45) is 5.92 Å². The van der Waals surface area contributed by atoms with Crippen LogP contribution in [-0.2, 0) is 11.0 Å². The summed E-state index contributed by atoms with van der Waals surface area (Å²) < 4.78 is 39.3. The third kappa shape index (κ3) is 4.77. The third-order valence-electron chi connectivity index (χ3n) is 4.82. The Morgan fingerprint density at radius 1 is 1.19 bits per heavy atom. The lowest BCUT2D eigenvalue weighted by Crippen LogP contribution is -2.44. The van der Waals surface area contributed by atoms with E-state index in [2.05, 4.69) is 6.92 Å². The number of benzene rings is 1. The molecule has 1 saturated heterocycles. The summed E-state index contributed by atoms with van der Waals surface area (Å²) in [5.41, 5.74) is -1.24. The molecule has 0 radical (unpaired) electrons. The molecular formula is C19H25F3N2O2. The van der Waals surface area contributed by atoms with Crippen molar-refractivity contribution < 1.29 is 22.8 Å². The van der Waals surface area contributed by atoms with Crippen molar-refractivity contribution in [1.82, 2.24) is 9.80 Å². The molecule has 0 saturated carbocycles. The Kier molecular flexibility index (Phi) is 6.67. The van der Waals surface area contributed by atoms with Crippen molar-refractivity contribution in [3.05, 3.63) is 35.4 Å². The van der Waals surface area contributed by atoms with Gasteiger partial charge in [-0.3, -0.25) is 9.59 Å². The van der Waals surface area contributed by atoms with Crippen LogP contribution in [0.25, 0.3) is 0 Å². The molecule has 0 aromatic heterocycles. The molecule has 144 valence electrons. The van der Waals surface area contributed by atoms with Gasteiger partial charge in [0, 0.05) is 32.6 Å². The summed E-state index contributed by atoms with van der Waals surface area (Å²) >= 11 is 0. The fraction of sp³-hybridized carbons (Fsp3) is 0.579. The minimum Gasteiger partial charge on any atom is -0.346 e. The number of carbonyl (C=O) groups excluding carboxylic acids is 2. The maximum absolute atomic E-state index is 13.1. The van der Waals surface area contributed by atoms with Gasteiger partial charge in [0.15, 0.2) is 0 Å². The molecule has 1 fully saturated rings. The van der Waals surface area contributed by atoms with Crippen LogP contribution in [0, 0.1) is 5.92 Å². The maximum Gasteiger partial charge on any atom is 0.417 e. The number of rotatable bonds is 5. The zero-order valence-electron chi connectivity index (χ0n) is 15.2. The molecule has 0 aliphatic carbocycles. The van der Waals surface area contributed by atoms with Gasteiger partial charge in [0.1, 0.15) is 0 Å². The van der Waals surface area contributed by atoms with Crippen LogP contribution in [0.3, 0.4) is 0 Å². The molecule has 1 aromatic rings. The Hall–Kier alpha value is -2.05. The standard InChI is InChI=1S/C19H25F3N2O2/c1-3-4-11-23(2)17(25)14-9-12-24(13-10-14)18(26)15-7-5-6-8-16(15)19(20,21)22/h5-8,14H,3-4,9-13H2,1-2H3. The first-order chi connectivity index (χ1) is 12.3. The molecule has 0 bridgehead atoms. The molecule has 1 aliphatic rings. The fourth-order valence-corrected chi connectivity index (χ4v) is 3.23. The van der Waals surface area contributed by atoms with Gasteiger partial charge < -0.3 is 9.80 Å². The number of amides is 2. The predicted molar refractivity (Wildman–Crippen MR) is 92.6 cm³/mol. The number of hydrogen-bond donors (Lipinski definition) is 0. The molecule has 0 unspecified atom stereocenters. The molecule has 0 spiro atoms. The number of nitrogens with zero attached hydrogens (tertiary/aromatic N) is 2. The Morgan fingerprint density at radius 2 is 1.81 bits per heavy atom. The quantitative estimate of drug-likeness (QED) is 0.791. The Labute approximate surface area is 152 Å². The van der Waals surface area contributed by atoms with Crippen molar-refractivity contribution in [3.8, 4) is 0 Å². The molecule has 2 rings (SSSR count). The van der Waals surface area contributed by atoms with E-state index in [0.29, 0.717) is 32.5 Å². The van der Waals surface area contributed by atoms with Gasteiger partial charge in [0.25, 0.3) is 5.91 Å². The highest BCUT2D eigenvalue weighted by Gasteiger charge is 2.37. The summed E-state index contributed by atoms with van der Waals surface area (Å²) in [6, 6.07) is 4.84. The minimum atomic E-state index is -4.57. The number of alkyl halides is 3. The summed E-state index contributed by atoms with van der Waals surface area (Å²) in [7, 11) is 1.77. The second-order valence-electron chi connectivity index (χ2n) is 6.72. The molecule has 1 heterocycles. The minimum absolute atomic E-state index is 0.0567. The van der Waals surface area contributed by atoms with Crippen LogP contribution in [0.5, 0.6) is 0 Å². The summed E-state index contributed by atoms with van der Waals surface area (Å²) in [4.78, 5) is 28.1. The van der Waals surface area contributed by atoms with Crippen LogP contribution >= 0.6 is 0 Å². The van der Waals surface area contributed by atoms with Gasteiger partial charge in [0.2, 0.25) is 5.91 Å². The Balaban J connectivity index is 2.00. The molecule has 26 heavy (non-hydrogen) atoms. The van der Waals surface area contributed by atoms with E-state index < -0.39 is 17.6 Å². The lowest BCUT2D eigenvalue weighted by molar-refractivity contribution is -0.138. The van der Waals surface area contributed by atoms with Gasteiger partial charge >= 0.3 is 6.18 Å². The van der Waals surface area contributed by atoms with Gasteiger partial charge in [-0.1, -0.05) is 25.5 Å². The molecule has 0 N–H and O–H groups in total. The van der Waals surface area contributed by atoms with Crippen molar-refractivity contribution in [1.29, 1.82) is 0 Å². The first-order valence-corrected chi connectivity index (χ1v) is 8.96. The lowest BCUT2D eigenvalue weighted by Gasteiger charge is -2.33. The average Bonchev–Trinajstić information content (AvgIpc) is 2.64. The van der Waals surface area contributed by atoms with Crippen molar-refractivity contribution >= 4 is 11.8 Å². The van der Waals surface area contributed by atoms with Gasteiger partial charge in [0.05, 0.1) is 11.1 Å². The van der Waals surface area contributed by atoms with Gasteiger partial charge in [-0.05, 0) is 31.4 Å². The number of likely N-dealkylation sites (tertiary alicyclic amines) is 1. The van der Waals surface area contributed by atoms with Crippen LogP contribution < -0.4 is 0 Å². The fourth-order valence-electron chi connectivity index (χ4n) is 3.23. The first-order valence-electron chi connectivity index (χ1n) is 8.96. The Bertz CT molecular complexity index is 638. The van der Waals surface area contributed by atoms with E-state index in [-0.39, 0.29) is 17.4 Å². The lowest BCUT2D eigenvalue weighted by atomic mass is 9.94. The SMILES string of the molecule is CCCCN(C)C(=O)C1CCN(C(=O)c2ccccc2C(F)(F)F)CC1. The van der Waals surface area contributed by atoms with Crippen LogP contribution in [-0.4, -0.2) is 48.3 Å². The van der Waals surface area contributed by atoms with E-state index in [4.69, 9.17) is 0 Å². The largest absolute Gasteiger partial charge is 0.417 e. The molecule has 0 atom stereocenters. The topological polar surface area (TPSA) is 40.6 Å². The molecule has 4 nitrogen and oxygen atoms in total. The highest BCUT2D eigenvalue weighted by molar-refractivity contribution is 5.96. The zero-order chi connectivity index (χ0) is 19.3. The van der Waals surface area contributed by atoms with Gasteiger partial charge in [-0.15, -0.1) is 0 Å². The van der Waals surface area contributed by atoms with Crippen molar-refractivity contribution in [2.45, 2.75) is 38.8 Å². The number of carbonyl (C=O) groups is 2. The smallest absolute Gasteiger partial charge is 0.346 e. The van der Waals surface area contributed by atoms with E-state index in [9.17, 15) is 22.8 Å². The summed E-state index contributed by atoms with van der Waals surface area (Å²) in [6.45, 7) is 3.35. The first kappa shape index (κ1) is 20.3. The molecule has 2 amide bonds. The van der Waals surface area contributed by atoms with E-state index in [1.165, 1.54) is 23.1 Å². The Morgan fingerprint density at radius 3 is 2.38 bits per heavy atom. The normalized spacial score (nSPS) is 15.8. The van der Waals surface area contributed by atoms with Crippen molar-refractivity contribution in [3.63, 3.8) is 0 Å². The van der Waals surface area contributed by atoms with E-state index in [0.717, 1.165) is 18.9 Å². The van der Waals surface area contributed by atoms with E-state index in [1.54, 1.807) is 11.9 Å². The molecule has 1 aliphatic heterocycles. The van der Waals surface area contributed by atoms with Gasteiger partial charge in [-0.25, -0.2) is 0 Å². The summed E-state index contributed by atoms with van der Waals surface area (Å²) in [5.74, 6) is -0.733. The highest BCUT2D eigenvalue weighted by Crippen LogP contribution is 2.33. The van der Waals surface area contributed by atoms with Crippen LogP contribution in [0.15, 0.2) is 24.3 Å². The molecular weight excluding hydrogens is 345 g/mol. The molecule has 1 aromatic carbocycles. The van der Waals surface area contributed by atoms with Crippen LogP contribution in [0.1, 0.15) is 48.5 Å². The number of unbranched alkanes of at least 4 members (excludes halogenated alkanes) is 1. The average molecular weight is 370 g/mol. The van der Waals surface area contributed by atoms with Crippen LogP contribution in [0.2, 0.25) is 0 Å². The summed E-state index contributed by atoms with van der Waals surface area (Å²) in [6.07, 6.45) is -1.66. The number of halogens is 3. The second-order valence-corrected chi connectivity index (χ2v) is 6.72. The maximum atomic E-state index is 13.1. The number of piperidine rings is 1. The zero-order valence-corrected chi connectivity index (χ0v) is 15.2. The molecule has 7 heteroatoms. The third-order valence-corrected chi connectivity index (χ3v) is 4.82. The van der Waals surface area contributed by atoms with E-state index in [1.807, 2.05) is 0 Å². The van der Waals surface area contributed by atoms with Crippen molar-refractivity contribution in [2.75, 3.05) is 26.7 Å². The monoisotopic (exact) mass is 370 g/mol. The van der Waals surface area contributed by atoms with E-state index >= 15 is 0 Å². The second kappa shape index (κ2) is 8.56. The highest BCUT2D eigenvalue weighted by atomic mass is 19.4. The van der Waals surface area contributed by atoms with Crippen LogP contribution in [0.4, 0.5) is 13.2 Å². The number of hydrogen-bond acceptors (Lipinski definition) is 2. The van der Waals surface area contributed by atoms with Gasteiger partial charge in [-0.2, -0.15) is 13.2 Å².